The van der Waals surface area contributed by atoms with Crippen molar-refractivity contribution in [3.63, 3.8) is 0 Å². The van der Waals surface area contributed by atoms with E-state index in [9.17, 15) is 30.8 Å². The highest BCUT2D eigenvalue weighted by atomic mass is 35.5. The summed E-state index contributed by atoms with van der Waals surface area (Å²) in [5.41, 5.74) is 5.97. The Morgan fingerprint density at radius 1 is 0.600 bits per heavy atom. The lowest BCUT2D eigenvalue weighted by atomic mass is 10.0. The highest BCUT2D eigenvalue weighted by Gasteiger charge is 2.22. The van der Waals surface area contributed by atoms with Crippen molar-refractivity contribution in [2.24, 2.45) is 0 Å². The van der Waals surface area contributed by atoms with Crippen LogP contribution in [-0.2, 0) is 45.7 Å². The van der Waals surface area contributed by atoms with E-state index in [-0.39, 0.29) is 20.2 Å². The summed E-state index contributed by atoms with van der Waals surface area (Å²) in [5, 5.41) is 19.6. The standard InChI is InChI=1S/C24H20ClNO4S2.C21H18FNO4S/c1-15-21-14-19(25)9-12-22(21)31-24(15)32(29,30)26-20-10-7-16(8-11-20)5-6-17-3-2-4-18(13-17)23(27)28;22-18-8-12-20(13-9-18)28(26,27)23-19-10-6-15(7-11-19)4-5-16-2-1-3-17(14-16)21(24)25/h2-4,7-14,26H,5-6H2,1H3,(H,27,28);1-3,6-14,23H,4-5H2,(H,24,25). The number of carbonyl (C=O) groups is 2. The molecule has 7 rings (SSSR count). The van der Waals surface area contributed by atoms with Crippen LogP contribution >= 0.6 is 22.9 Å². The Morgan fingerprint density at radius 3 is 1.55 bits per heavy atom. The molecule has 6 aromatic carbocycles. The quantitative estimate of drug-likeness (QED) is 0.0837. The lowest BCUT2D eigenvalue weighted by Crippen LogP contribution is -2.12. The number of carboxylic acids is 2. The molecule has 1 aromatic heterocycles. The van der Waals surface area contributed by atoms with Crippen LogP contribution in [0, 0.1) is 12.7 Å². The van der Waals surface area contributed by atoms with Crippen molar-refractivity contribution in [3.05, 3.63) is 189 Å². The second-order valence-electron chi connectivity index (χ2n) is 13.7. The number of aromatic carboxylic acids is 2. The van der Waals surface area contributed by atoms with E-state index >= 15 is 0 Å². The van der Waals surface area contributed by atoms with Crippen LogP contribution in [0.3, 0.4) is 0 Å². The number of fused-ring (bicyclic) bond motifs is 1. The van der Waals surface area contributed by atoms with Gasteiger partial charge in [-0.25, -0.2) is 30.8 Å². The van der Waals surface area contributed by atoms with Crippen molar-refractivity contribution in [2.45, 2.75) is 41.7 Å². The molecular weight excluding hydrogens is 847 g/mol. The molecule has 0 unspecified atom stereocenters. The van der Waals surface area contributed by atoms with E-state index in [2.05, 4.69) is 9.44 Å². The molecule has 4 N–H and O–H groups in total. The zero-order chi connectivity index (χ0) is 43.0. The normalized spacial score (nSPS) is 11.4. The van der Waals surface area contributed by atoms with Gasteiger partial charge < -0.3 is 10.2 Å². The van der Waals surface area contributed by atoms with Gasteiger partial charge in [0.25, 0.3) is 20.0 Å². The maximum absolute atomic E-state index is 13.0. The molecule has 7 aromatic rings. The molecule has 0 radical (unpaired) electrons. The Labute approximate surface area is 356 Å². The van der Waals surface area contributed by atoms with Gasteiger partial charge in [0.2, 0.25) is 0 Å². The number of nitrogens with one attached hydrogen (secondary N) is 2. The van der Waals surface area contributed by atoms with E-state index in [1.165, 1.54) is 23.5 Å². The summed E-state index contributed by atoms with van der Waals surface area (Å²) in [5.74, 6) is -2.41. The molecule has 0 bridgehead atoms. The lowest BCUT2D eigenvalue weighted by molar-refractivity contribution is 0.0686. The summed E-state index contributed by atoms with van der Waals surface area (Å²) in [4.78, 5) is 22.1. The number of sulfonamides is 2. The summed E-state index contributed by atoms with van der Waals surface area (Å²) in [6, 6.07) is 37.8. The molecular formula is C45H38ClFN2O8S3. The monoisotopic (exact) mass is 884 g/mol. The Morgan fingerprint density at radius 2 is 1.07 bits per heavy atom. The molecule has 0 amide bonds. The Hall–Kier alpha value is -6.06. The molecule has 0 aliphatic carbocycles. The molecule has 308 valence electrons. The minimum absolute atomic E-state index is 0.0173. The van der Waals surface area contributed by atoms with Gasteiger partial charge in [0, 0.05) is 21.1 Å². The average Bonchev–Trinajstić information content (AvgIpc) is 3.56. The van der Waals surface area contributed by atoms with Gasteiger partial charge in [-0.1, -0.05) is 60.1 Å². The van der Waals surface area contributed by atoms with Crippen LogP contribution in [0.4, 0.5) is 15.8 Å². The van der Waals surface area contributed by atoms with Crippen LogP contribution in [0.1, 0.15) is 48.5 Å². The van der Waals surface area contributed by atoms with Gasteiger partial charge in [-0.05, 0) is 157 Å². The maximum atomic E-state index is 13.0. The average molecular weight is 885 g/mol. The van der Waals surface area contributed by atoms with Crippen molar-refractivity contribution in [3.8, 4) is 0 Å². The molecule has 0 aliphatic heterocycles. The first-order valence-corrected chi connectivity index (χ1v) is 22.5. The fourth-order valence-corrected chi connectivity index (χ4v) is 10.3. The van der Waals surface area contributed by atoms with E-state index in [0.717, 1.165) is 44.5 Å². The summed E-state index contributed by atoms with van der Waals surface area (Å²) in [7, 11) is -7.51. The topological polar surface area (TPSA) is 167 Å². The number of carboxylic acid groups (broad SMARTS) is 2. The molecule has 60 heavy (non-hydrogen) atoms. The first kappa shape index (κ1) is 43.5. The summed E-state index contributed by atoms with van der Waals surface area (Å²) >= 11 is 7.28. The third kappa shape index (κ3) is 11.4. The molecule has 10 nitrogen and oxygen atoms in total. The predicted molar refractivity (Wildman–Crippen MR) is 234 cm³/mol. The second kappa shape index (κ2) is 18.9. The zero-order valence-corrected chi connectivity index (χ0v) is 35.1. The van der Waals surface area contributed by atoms with Gasteiger partial charge in [0.15, 0.2) is 0 Å². The van der Waals surface area contributed by atoms with Crippen LogP contribution in [0.2, 0.25) is 5.02 Å². The minimum Gasteiger partial charge on any atom is -0.478 e. The van der Waals surface area contributed by atoms with Gasteiger partial charge in [0.1, 0.15) is 10.0 Å². The summed E-state index contributed by atoms with van der Waals surface area (Å²) in [6.07, 6.45) is 2.76. The third-order valence-corrected chi connectivity index (χ3v) is 14.3. The van der Waals surface area contributed by atoms with Crippen LogP contribution in [0.5, 0.6) is 0 Å². The van der Waals surface area contributed by atoms with E-state index in [4.69, 9.17) is 21.8 Å². The van der Waals surface area contributed by atoms with Gasteiger partial charge in [-0.2, -0.15) is 0 Å². The predicted octanol–water partition coefficient (Wildman–Crippen LogP) is 10.3. The van der Waals surface area contributed by atoms with Gasteiger partial charge in [-0.15, -0.1) is 11.3 Å². The molecule has 0 atom stereocenters. The lowest BCUT2D eigenvalue weighted by Gasteiger charge is -2.09. The van der Waals surface area contributed by atoms with Crippen molar-refractivity contribution in [1.29, 1.82) is 0 Å². The minimum atomic E-state index is -3.78. The zero-order valence-electron chi connectivity index (χ0n) is 31.9. The van der Waals surface area contributed by atoms with Gasteiger partial charge >= 0.3 is 11.9 Å². The fraction of sp³-hybridized carbons (Fsp3) is 0.111. The van der Waals surface area contributed by atoms with Gasteiger partial charge in [0.05, 0.1) is 16.0 Å². The van der Waals surface area contributed by atoms with E-state index in [1.807, 2.05) is 42.5 Å². The molecule has 0 fully saturated rings. The molecule has 15 heteroatoms. The van der Waals surface area contributed by atoms with Gasteiger partial charge in [-0.3, -0.25) is 9.44 Å². The van der Waals surface area contributed by atoms with Crippen molar-refractivity contribution >= 4 is 76.4 Å². The summed E-state index contributed by atoms with van der Waals surface area (Å²) in [6.45, 7) is 1.78. The van der Waals surface area contributed by atoms with E-state index < -0.39 is 37.8 Å². The number of hydrogen-bond donors (Lipinski definition) is 4. The SMILES string of the molecule is Cc1c(S(=O)(=O)Nc2ccc(CCc3cccc(C(=O)O)c3)cc2)sc2ccc(Cl)cc12.O=C(O)c1cccc(CCc2ccc(NS(=O)(=O)c3ccc(F)cc3)cc2)c1. The molecule has 0 saturated heterocycles. The number of thiophene rings is 1. The van der Waals surface area contributed by atoms with Crippen molar-refractivity contribution in [1.82, 2.24) is 0 Å². The molecule has 1 heterocycles. The molecule has 0 saturated carbocycles. The van der Waals surface area contributed by atoms with Crippen LogP contribution in [-0.4, -0.2) is 39.0 Å². The number of hydrogen-bond acceptors (Lipinski definition) is 7. The number of benzene rings is 6. The van der Waals surface area contributed by atoms with Crippen LogP contribution in [0.25, 0.3) is 10.1 Å². The highest BCUT2D eigenvalue weighted by molar-refractivity contribution is 7.95. The first-order valence-electron chi connectivity index (χ1n) is 18.4. The maximum Gasteiger partial charge on any atom is 0.335 e. The van der Waals surface area contributed by atoms with Crippen molar-refractivity contribution in [2.75, 3.05) is 9.44 Å². The first-order chi connectivity index (χ1) is 28.6. The number of anilines is 2. The number of rotatable bonds is 14. The fourth-order valence-electron chi connectivity index (χ4n) is 6.23. The smallest absolute Gasteiger partial charge is 0.335 e. The molecule has 0 spiro atoms. The Bertz CT molecular complexity index is 2880. The Kier molecular flexibility index (Phi) is 13.7. The largest absolute Gasteiger partial charge is 0.478 e. The molecule has 0 aliphatic rings. The van der Waals surface area contributed by atoms with E-state index in [0.29, 0.717) is 47.6 Å². The van der Waals surface area contributed by atoms with Crippen molar-refractivity contribution < 1.29 is 41.0 Å². The number of halogens is 2. The summed E-state index contributed by atoms with van der Waals surface area (Å²) < 4.78 is 69.8. The Balaban J connectivity index is 0.000000203. The highest BCUT2D eigenvalue weighted by Crippen LogP contribution is 2.36. The number of aryl methyl sites for hydroxylation is 5. The van der Waals surface area contributed by atoms with E-state index in [1.54, 1.807) is 79.7 Å². The van der Waals surface area contributed by atoms with Crippen LogP contribution in [0.15, 0.2) is 149 Å². The third-order valence-electron chi connectivity index (χ3n) is 9.39. The second-order valence-corrected chi connectivity index (χ2v) is 18.8. The van der Waals surface area contributed by atoms with Crippen LogP contribution < -0.4 is 9.44 Å².